The number of nitrogens with zero attached hydrogens (tertiary/aromatic N) is 1. The van der Waals surface area contributed by atoms with Crippen molar-refractivity contribution in [3.8, 4) is 0 Å². The summed E-state index contributed by atoms with van der Waals surface area (Å²) >= 11 is 0. The van der Waals surface area contributed by atoms with Crippen LogP contribution in [-0.4, -0.2) is 25.5 Å². The van der Waals surface area contributed by atoms with Crippen LogP contribution in [0.3, 0.4) is 0 Å². The van der Waals surface area contributed by atoms with E-state index in [9.17, 15) is 8.42 Å². The molecule has 1 aliphatic carbocycles. The van der Waals surface area contributed by atoms with Crippen molar-refractivity contribution in [3.05, 3.63) is 36.7 Å². The molecule has 1 aliphatic rings. The van der Waals surface area contributed by atoms with E-state index in [1.165, 1.54) is 0 Å². The Morgan fingerprint density at radius 2 is 2.12 bits per heavy atom. The van der Waals surface area contributed by atoms with Crippen molar-refractivity contribution in [1.82, 2.24) is 9.71 Å². The minimum Gasteiger partial charge on any atom is -0.329 e. The molecule has 3 N–H and O–H groups in total. The van der Waals surface area contributed by atoms with Crippen molar-refractivity contribution in [3.63, 3.8) is 0 Å². The molecule has 1 heterocycles. The highest BCUT2D eigenvalue weighted by Gasteiger charge is 2.40. The Morgan fingerprint density at radius 1 is 1.33 bits per heavy atom. The van der Waals surface area contributed by atoms with E-state index in [0.29, 0.717) is 16.8 Å². The van der Waals surface area contributed by atoms with Crippen molar-refractivity contribution < 1.29 is 8.42 Å². The molecule has 132 valence electrons. The SMILES string of the molecule is CC1CCCCC1(CN)NS(=O)(=O)c1cccc2cnccc12.Cl. The van der Waals surface area contributed by atoms with E-state index in [0.717, 1.165) is 31.1 Å². The van der Waals surface area contributed by atoms with Crippen LogP contribution in [0.5, 0.6) is 0 Å². The second kappa shape index (κ2) is 7.35. The molecule has 24 heavy (non-hydrogen) atoms. The maximum absolute atomic E-state index is 13.0. The average molecular weight is 370 g/mol. The van der Waals surface area contributed by atoms with E-state index in [1.54, 1.807) is 30.6 Å². The maximum atomic E-state index is 13.0. The van der Waals surface area contributed by atoms with Gasteiger partial charge in [0.05, 0.1) is 4.90 Å². The molecule has 0 spiro atoms. The lowest BCUT2D eigenvalue weighted by molar-refractivity contribution is 0.191. The number of nitrogens with two attached hydrogens (primary N) is 1. The second-order valence-electron chi connectivity index (χ2n) is 6.47. The number of halogens is 1. The molecule has 7 heteroatoms. The first-order chi connectivity index (χ1) is 11.0. The minimum atomic E-state index is -3.65. The summed E-state index contributed by atoms with van der Waals surface area (Å²) in [7, 11) is -3.65. The molecule has 0 radical (unpaired) electrons. The van der Waals surface area contributed by atoms with Crippen molar-refractivity contribution in [2.45, 2.75) is 43.0 Å². The van der Waals surface area contributed by atoms with Gasteiger partial charge in [-0.25, -0.2) is 13.1 Å². The van der Waals surface area contributed by atoms with Crippen molar-refractivity contribution in [1.29, 1.82) is 0 Å². The first kappa shape index (κ1) is 19.1. The molecule has 1 aromatic heterocycles. The Bertz CT molecular complexity index is 807. The predicted octanol–water partition coefficient (Wildman–Crippen LogP) is 2.84. The van der Waals surface area contributed by atoms with E-state index in [4.69, 9.17) is 5.73 Å². The van der Waals surface area contributed by atoms with Gasteiger partial charge in [0.2, 0.25) is 10.0 Å². The smallest absolute Gasteiger partial charge is 0.241 e. The summed E-state index contributed by atoms with van der Waals surface area (Å²) < 4.78 is 29.0. The molecule has 2 atom stereocenters. The largest absolute Gasteiger partial charge is 0.329 e. The quantitative estimate of drug-likeness (QED) is 0.867. The normalized spacial score (nSPS) is 24.5. The van der Waals surface area contributed by atoms with Gasteiger partial charge in [-0.05, 0) is 30.9 Å². The van der Waals surface area contributed by atoms with Crippen molar-refractivity contribution in [2.75, 3.05) is 6.54 Å². The Kier molecular flexibility index (Phi) is 5.86. The fraction of sp³-hybridized carbons (Fsp3) is 0.471. The van der Waals surface area contributed by atoms with Gasteiger partial charge in [0.15, 0.2) is 0 Å². The molecule has 5 nitrogen and oxygen atoms in total. The fourth-order valence-electron chi connectivity index (χ4n) is 3.56. The van der Waals surface area contributed by atoms with Gasteiger partial charge in [0.25, 0.3) is 0 Å². The Labute approximate surface area is 149 Å². The van der Waals surface area contributed by atoms with E-state index in [-0.39, 0.29) is 18.3 Å². The maximum Gasteiger partial charge on any atom is 0.241 e. The lowest BCUT2D eigenvalue weighted by Gasteiger charge is -2.42. The van der Waals surface area contributed by atoms with Gasteiger partial charge in [0, 0.05) is 35.2 Å². The number of sulfonamides is 1. The van der Waals surface area contributed by atoms with Gasteiger partial charge in [-0.1, -0.05) is 31.9 Å². The van der Waals surface area contributed by atoms with Crippen LogP contribution in [0, 0.1) is 5.92 Å². The van der Waals surface area contributed by atoms with Gasteiger partial charge in [-0.2, -0.15) is 0 Å². The van der Waals surface area contributed by atoms with Crippen LogP contribution in [0.15, 0.2) is 41.6 Å². The molecule has 0 bridgehead atoms. The summed E-state index contributed by atoms with van der Waals surface area (Å²) in [5.74, 6) is 0.229. The van der Waals surface area contributed by atoms with E-state index in [2.05, 4.69) is 16.6 Å². The van der Waals surface area contributed by atoms with Crippen LogP contribution in [0.1, 0.15) is 32.6 Å². The number of aromatic nitrogens is 1. The fourth-order valence-corrected chi connectivity index (χ4v) is 5.32. The standard InChI is InChI=1S/C17H23N3O2S.ClH/c1-13-5-2-3-9-17(13,12-18)20-23(21,22)16-7-4-6-14-11-19-10-8-15(14)16;/h4,6-8,10-11,13,20H,2-3,5,9,12,18H2,1H3;1H. The van der Waals surface area contributed by atoms with Crippen LogP contribution in [-0.2, 0) is 10.0 Å². The van der Waals surface area contributed by atoms with Crippen LogP contribution < -0.4 is 10.5 Å². The molecule has 1 aromatic carbocycles. The first-order valence-corrected chi connectivity index (χ1v) is 9.54. The number of hydrogen-bond acceptors (Lipinski definition) is 4. The zero-order valence-electron chi connectivity index (χ0n) is 13.7. The summed E-state index contributed by atoms with van der Waals surface area (Å²) in [6.07, 6.45) is 7.21. The van der Waals surface area contributed by atoms with Gasteiger partial charge in [-0.15, -0.1) is 12.4 Å². The average Bonchev–Trinajstić information content (AvgIpc) is 2.56. The molecule has 1 fully saturated rings. The molecule has 2 unspecified atom stereocenters. The molecule has 2 aromatic rings. The van der Waals surface area contributed by atoms with Crippen LogP contribution in [0.2, 0.25) is 0 Å². The monoisotopic (exact) mass is 369 g/mol. The Hall–Kier alpha value is -1.21. The van der Waals surface area contributed by atoms with Crippen LogP contribution in [0.4, 0.5) is 0 Å². The highest BCUT2D eigenvalue weighted by molar-refractivity contribution is 7.89. The van der Waals surface area contributed by atoms with E-state index < -0.39 is 15.6 Å². The highest BCUT2D eigenvalue weighted by Crippen LogP contribution is 2.35. The minimum absolute atomic E-state index is 0. The number of rotatable bonds is 4. The lowest BCUT2D eigenvalue weighted by atomic mass is 9.74. The summed E-state index contributed by atoms with van der Waals surface area (Å²) in [5.41, 5.74) is 5.44. The van der Waals surface area contributed by atoms with Crippen molar-refractivity contribution >= 4 is 33.2 Å². The number of hydrogen-bond donors (Lipinski definition) is 2. The Balaban J connectivity index is 0.00000208. The summed E-state index contributed by atoms with van der Waals surface area (Å²) in [5, 5.41) is 1.50. The second-order valence-corrected chi connectivity index (χ2v) is 8.12. The molecule has 1 saturated carbocycles. The summed E-state index contributed by atoms with van der Waals surface area (Å²) in [4.78, 5) is 4.35. The molecule has 0 saturated heterocycles. The molecular weight excluding hydrogens is 346 g/mol. The Morgan fingerprint density at radius 3 is 2.83 bits per heavy atom. The first-order valence-electron chi connectivity index (χ1n) is 8.05. The molecule has 0 amide bonds. The van der Waals surface area contributed by atoms with Crippen molar-refractivity contribution in [2.24, 2.45) is 11.7 Å². The van der Waals surface area contributed by atoms with Gasteiger partial charge < -0.3 is 5.73 Å². The molecule has 3 rings (SSSR count). The zero-order chi connectivity index (χ0) is 16.5. The molecule has 0 aliphatic heterocycles. The van der Waals surface area contributed by atoms with E-state index in [1.807, 2.05) is 6.07 Å². The lowest BCUT2D eigenvalue weighted by Crippen LogP contribution is -2.58. The summed E-state index contributed by atoms with van der Waals surface area (Å²) in [6.45, 7) is 2.40. The number of fused-ring (bicyclic) bond motifs is 1. The summed E-state index contributed by atoms with van der Waals surface area (Å²) in [6, 6.07) is 6.99. The predicted molar refractivity (Wildman–Crippen MR) is 98.7 cm³/mol. The number of benzene rings is 1. The third-order valence-electron chi connectivity index (χ3n) is 5.09. The third kappa shape index (κ3) is 3.42. The van der Waals surface area contributed by atoms with Crippen LogP contribution >= 0.6 is 12.4 Å². The topological polar surface area (TPSA) is 85.1 Å². The number of pyridine rings is 1. The third-order valence-corrected chi connectivity index (χ3v) is 6.70. The number of nitrogens with one attached hydrogen (secondary N) is 1. The molecular formula is C17H24ClN3O2S. The van der Waals surface area contributed by atoms with Crippen LogP contribution in [0.25, 0.3) is 10.8 Å². The van der Waals surface area contributed by atoms with Gasteiger partial charge in [-0.3, -0.25) is 4.98 Å². The van der Waals surface area contributed by atoms with Gasteiger partial charge in [0.1, 0.15) is 0 Å². The van der Waals surface area contributed by atoms with E-state index >= 15 is 0 Å². The zero-order valence-corrected chi connectivity index (χ0v) is 15.4. The van der Waals surface area contributed by atoms with Gasteiger partial charge >= 0.3 is 0 Å². The highest BCUT2D eigenvalue weighted by atomic mass is 35.5.